The smallest absolute Gasteiger partial charge is 0.231 e. The number of rotatable bonds is 8. The van der Waals surface area contributed by atoms with Gasteiger partial charge in [0.25, 0.3) is 0 Å². The first-order chi connectivity index (χ1) is 11.3. The van der Waals surface area contributed by atoms with Crippen molar-refractivity contribution in [2.75, 3.05) is 18.6 Å². The lowest BCUT2D eigenvalue weighted by Crippen LogP contribution is -2.30. The maximum absolute atomic E-state index is 12.4. The van der Waals surface area contributed by atoms with Crippen molar-refractivity contribution in [3.05, 3.63) is 49.1 Å². The molecule has 0 aliphatic rings. The summed E-state index contributed by atoms with van der Waals surface area (Å²) >= 11 is 0. The Kier molecular flexibility index (Phi) is 7.26. The molecule has 7 heteroatoms. The summed E-state index contributed by atoms with van der Waals surface area (Å²) in [6.45, 7) is 10.5. The summed E-state index contributed by atoms with van der Waals surface area (Å²) in [5, 5.41) is 5.69. The normalized spacial score (nSPS) is 12.2. The summed E-state index contributed by atoms with van der Waals surface area (Å²) in [6.07, 6.45) is 2.16. The fourth-order valence-electron chi connectivity index (χ4n) is 1.76. The van der Waals surface area contributed by atoms with Crippen LogP contribution in [0.15, 0.2) is 59.1 Å². The van der Waals surface area contributed by atoms with Crippen LogP contribution in [0.3, 0.4) is 0 Å². The van der Waals surface area contributed by atoms with Crippen LogP contribution in [0, 0.1) is 0 Å². The second-order valence-corrected chi connectivity index (χ2v) is 6.43. The summed E-state index contributed by atoms with van der Waals surface area (Å²) in [6, 6.07) is 6.73. The monoisotopic (exact) mass is 347 g/mol. The quantitative estimate of drug-likeness (QED) is 0.313. The van der Waals surface area contributed by atoms with Crippen LogP contribution in [0.25, 0.3) is 0 Å². The van der Waals surface area contributed by atoms with Gasteiger partial charge in [-0.15, -0.1) is 6.58 Å². The standard InChI is InChI=1S/C17H21N3O3S/c1-6-11-20(14(4)22)24(23)16-9-7-15(8-10-16)19(5)18-17(12-21)13(2)3/h6-10,12H,1-2,11H2,3-5H3/b18-17-. The first-order valence-corrected chi connectivity index (χ1v) is 8.26. The van der Waals surface area contributed by atoms with Crippen LogP contribution >= 0.6 is 0 Å². The average Bonchev–Trinajstić information content (AvgIpc) is 2.56. The molecular formula is C17H21N3O3S. The number of carbonyl (C=O) groups excluding carboxylic acids is 2. The molecule has 6 nitrogen and oxygen atoms in total. The van der Waals surface area contributed by atoms with E-state index in [4.69, 9.17) is 0 Å². The lowest BCUT2D eigenvalue weighted by molar-refractivity contribution is -0.123. The van der Waals surface area contributed by atoms with Gasteiger partial charge in [-0.25, -0.2) is 4.21 Å². The van der Waals surface area contributed by atoms with E-state index < -0.39 is 11.0 Å². The molecule has 128 valence electrons. The molecular weight excluding hydrogens is 326 g/mol. The van der Waals surface area contributed by atoms with Crippen LogP contribution in [0.4, 0.5) is 5.69 Å². The number of hydrogen-bond donors (Lipinski definition) is 0. The predicted octanol–water partition coefficient (Wildman–Crippen LogP) is 2.31. The summed E-state index contributed by atoms with van der Waals surface area (Å²) in [5.74, 6) is -0.295. The number of benzene rings is 1. The Morgan fingerprint density at radius 1 is 1.29 bits per heavy atom. The van der Waals surface area contributed by atoms with Crippen molar-refractivity contribution in [3.8, 4) is 0 Å². The Bertz CT molecular complexity index is 696. The van der Waals surface area contributed by atoms with Crippen molar-refractivity contribution >= 4 is 34.6 Å². The number of hydrogen-bond acceptors (Lipinski definition) is 5. The van der Waals surface area contributed by atoms with Crippen molar-refractivity contribution in [2.24, 2.45) is 5.10 Å². The van der Waals surface area contributed by atoms with E-state index in [1.165, 1.54) is 22.3 Å². The van der Waals surface area contributed by atoms with Crippen LogP contribution in [0.5, 0.6) is 0 Å². The van der Waals surface area contributed by atoms with Crippen LogP contribution in [0.2, 0.25) is 0 Å². The molecule has 1 aromatic carbocycles. The second-order valence-electron chi connectivity index (χ2n) is 5.02. The molecule has 0 aliphatic heterocycles. The van der Waals surface area contributed by atoms with E-state index in [0.717, 1.165) is 0 Å². The minimum absolute atomic E-state index is 0.204. The van der Waals surface area contributed by atoms with Gasteiger partial charge in [-0.05, 0) is 36.8 Å². The fourth-order valence-corrected chi connectivity index (χ4v) is 2.86. The Labute approximate surface area is 144 Å². The molecule has 1 aromatic rings. The molecule has 0 radical (unpaired) electrons. The number of amides is 1. The van der Waals surface area contributed by atoms with Crippen LogP contribution in [-0.4, -0.2) is 40.0 Å². The van der Waals surface area contributed by atoms with Crippen molar-refractivity contribution in [1.29, 1.82) is 0 Å². The third-order valence-corrected chi connectivity index (χ3v) is 4.55. The van der Waals surface area contributed by atoms with Gasteiger partial charge in [0.05, 0.1) is 17.1 Å². The molecule has 1 unspecified atom stereocenters. The molecule has 0 aliphatic carbocycles. The Hall–Kier alpha value is -2.54. The topological polar surface area (TPSA) is 70.1 Å². The molecule has 0 bridgehead atoms. The van der Waals surface area contributed by atoms with Gasteiger partial charge < -0.3 is 0 Å². The molecule has 24 heavy (non-hydrogen) atoms. The van der Waals surface area contributed by atoms with Crippen LogP contribution in [-0.2, 0) is 20.6 Å². The third kappa shape index (κ3) is 4.99. The summed E-state index contributed by atoms with van der Waals surface area (Å²) in [4.78, 5) is 23.0. The predicted molar refractivity (Wildman–Crippen MR) is 97.2 cm³/mol. The number of hydrazone groups is 1. The van der Waals surface area contributed by atoms with Gasteiger partial charge in [-0.2, -0.15) is 5.10 Å². The van der Waals surface area contributed by atoms with Gasteiger partial charge in [0, 0.05) is 14.0 Å². The molecule has 1 atom stereocenters. The molecule has 0 saturated carbocycles. The van der Waals surface area contributed by atoms with Gasteiger partial charge in [-0.3, -0.25) is 18.9 Å². The van der Waals surface area contributed by atoms with Crippen molar-refractivity contribution in [3.63, 3.8) is 0 Å². The highest BCUT2D eigenvalue weighted by molar-refractivity contribution is 7.83. The van der Waals surface area contributed by atoms with Crippen molar-refractivity contribution < 1.29 is 13.8 Å². The lowest BCUT2D eigenvalue weighted by Gasteiger charge is -2.19. The van der Waals surface area contributed by atoms with Crippen LogP contribution < -0.4 is 5.01 Å². The minimum atomic E-state index is -1.60. The van der Waals surface area contributed by atoms with E-state index in [9.17, 15) is 13.8 Å². The van der Waals surface area contributed by atoms with E-state index in [1.54, 1.807) is 38.2 Å². The van der Waals surface area contributed by atoms with Crippen LogP contribution in [0.1, 0.15) is 13.8 Å². The highest BCUT2D eigenvalue weighted by Crippen LogP contribution is 2.18. The summed E-state index contributed by atoms with van der Waals surface area (Å²) < 4.78 is 13.7. The van der Waals surface area contributed by atoms with Crippen molar-refractivity contribution in [2.45, 2.75) is 18.7 Å². The molecule has 0 fully saturated rings. The van der Waals surface area contributed by atoms with E-state index >= 15 is 0 Å². The molecule has 1 amide bonds. The molecule has 0 saturated heterocycles. The zero-order valence-electron chi connectivity index (χ0n) is 14.1. The fraction of sp³-hybridized carbons (Fsp3) is 0.235. The number of allylic oxidation sites excluding steroid dienone is 1. The summed E-state index contributed by atoms with van der Waals surface area (Å²) in [5.41, 5.74) is 1.52. The van der Waals surface area contributed by atoms with Gasteiger partial charge in [0.2, 0.25) is 5.91 Å². The summed E-state index contributed by atoms with van der Waals surface area (Å²) in [7, 11) is 0.0880. The average molecular weight is 347 g/mol. The number of nitrogens with zero attached hydrogens (tertiary/aromatic N) is 3. The van der Waals surface area contributed by atoms with Gasteiger partial charge in [0.1, 0.15) is 5.71 Å². The maximum atomic E-state index is 12.4. The molecule has 0 spiro atoms. The Balaban J connectivity index is 3.02. The van der Waals surface area contributed by atoms with E-state index in [1.807, 2.05) is 0 Å². The molecule has 0 N–H and O–H groups in total. The second kappa shape index (κ2) is 8.93. The molecule has 0 aromatic heterocycles. The van der Waals surface area contributed by atoms with Crippen molar-refractivity contribution in [1.82, 2.24) is 4.31 Å². The zero-order valence-corrected chi connectivity index (χ0v) is 14.9. The van der Waals surface area contributed by atoms with E-state index in [2.05, 4.69) is 18.3 Å². The Morgan fingerprint density at radius 2 is 1.88 bits per heavy atom. The van der Waals surface area contributed by atoms with E-state index in [-0.39, 0.29) is 18.2 Å². The number of aldehydes is 1. The van der Waals surface area contributed by atoms with E-state index in [0.29, 0.717) is 22.4 Å². The SMILES string of the molecule is C=CCN(C(C)=O)S(=O)c1ccc(N(C)/N=C(/C=O)C(=C)C)cc1. The molecule has 0 heterocycles. The number of anilines is 1. The molecule has 1 rings (SSSR count). The Morgan fingerprint density at radius 3 is 2.29 bits per heavy atom. The van der Waals surface area contributed by atoms with Gasteiger partial charge in [-0.1, -0.05) is 12.7 Å². The first-order valence-electron chi connectivity index (χ1n) is 7.16. The minimum Gasteiger partial charge on any atom is -0.296 e. The van der Waals surface area contributed by atoms with Gasteiger partial charge in [0.15, 0.2) is 17.3 Å². The zero-order chi connectivity index (χ0) is 18.3. The highest BCUT2D eigenvalue weighted by atomic mass is 32.2. The third-order valence-electron chi connectivity index (χ3n) is 3.06. The first kappa shape index (κ1) is 19.5. The highest BCUT2D eigenvalue weighted by Gasteiger charge is 2.17. The lowest BCUT2D eigenvalue weighted by atomic mass is 10.2. The maximum Gasteiger partial charge on any atom is 0.231 e. The number of carbonyl (C=O) groups is 2. The van der Waals surface area contributed by atoms with Gasteiger partial charge >= 0.3 is 0 Å². The largest absolute Gasteiger partial charge is 0.296 e.